The molecule has 0 saturated carbocycles. The van der Waals surface area contributed by atoms with Crippen LogP contribution in [0, 0.1) is 5.82 Å². The second-order valence-corrected chi connectivity index (χ2v) is 5.74. The van der Waals surface area contributed by atoms with Crippen LogP contribution >= 0.6 is 11.8 Å². The Bertz CT molecular complexity index is 587. The fraction of sp³-hybridized carbons (Fsp3) is 0.333. The van der Waals surface area contributed by atoms with Gasteiger partial charge in [0.25, 0.3) is 0 Å². The zero-order chi connectivity index (χ0) is 14.5. The molecule has 0 spiro atoms. The molecule has 1 aromatic carbocycles. The number of nitrogens with one attached hydrogen (secondary N) is 1. The van der Waals surface area contributed by atoms with Gasteiger partial charge < -0.3 is 5.32 Å². The summed E-state index contributed by atoms with van der Waals surface area (Å²) in [6.45, 7) is 4.19. The molecule has 20 heavy (non-hydrogen) atoms. The van der Waals surface area contributed by atoms with E-state index in [1.807, 2.05) is 19.2 Å². The Morgan fingerprint density at radius 2 is 2.00 bits per heavy atom. The minimum atomic E-state index is -0.202. The van der Waals surface area contributed by atoms with Crippen LogP contribution in [-0.2, 0) is 5.75 Å². The fourth-order valence-corrected chi connectivity index (χ4v) is 2.50. The van der Waals surface area contributed by atoms with Crippen molar-refractivity contribution in [3.05, 3.63) is 47.7 Å². The number of aromatic nitrogens is 2. The van der Waals surface area contributed by atoms with Crippen molar-refractivity contribution in [1.29, 1.82) is 0 Å². The Morgan fingerprint density at radius 3 is 2.65 bits per heavy atom. The number of benzene rings is 1. The molecule has 0 amide bonds. The van der Waals surface area contributed by atoms with Crippen molar-refractivity contribution >= 4 is 17.6 Å². The van der Waals surface area contributed by atoms with Gasteiger partial charge in [-0.05, 0) is 18.1 Å². The highest BCUT2D eigenvalue weighted by Gasteiger charge is 2.09. The molecule has 106 valence electrons. The average molecular weight is 291 g/mol. The maximum atomic E-state index is 13.6. The summed E-state index contributed by atoms with van der Waals surface area (Å²) in [7, 11) is 1.83. The van der Waals surface area contributed by atoms with Crippen LogP contribution in [0.25, 0.3) is 0 Å². The summed E-state index contributed by atoms with van der Waals surface area (Å²) >= 11 is 1.41. The minimum Gasteiger partial charge on any atom is -0.373 e. The molecule has 3 nitrogen and oxygen atoms in total. The molecule has 1 aromatic heterocycles. The van der Waals surface area contributed by atoms with Gasteiger partial charge in [0.1, 0.15) is 17.5 Å². The lowest BCUT2D eigenvalue weighted by molar-refractivity contribution is 0.602. The normalized spacial score (nSPS) is 10.8. The SMILES string of the molecule is CNc1cc(C(C)C)nc(CSc2ccccc2F)n1. The number of rotatable bonds is 5. The van der Waals surface area contributed by atoms with Crippen LogP contribution in [0.3, 0.4) is 0 Å². The molecular weight excluding hydrogens is 273 g/mol. The van der Waals surface area contributed by atoms with Gasteiger partial charge in [0.2, 0.25) is 0 Å². The van der Waals surface area contributed by atoms with Gasteiger partial charge in [-0.1, -0.05) is 26.0 Å². The summed E-state index contributed by atoms with van der Waals surface area (Å²) in [5.74, 6) is 2.20. The summed E-state index contributed by atoms with van der Waals surface area (Å²) in [4.78, 5) is 9.57. The molecule has 0 aliphatic heterocycles. The van der Waals surface area contributed by atoms with Crippen LogP contribution in [-0.4, -0.2) is 17.0 Å². The van der Waals surface area contributed by atoms with Crippen molar-refractivity contribution in [3.8, 4) is 0 Å². The van der Waals surface area contributed by atoms with Crippen molar-refractivity contribution in [1.82, 2.24) is 9.97 Å². The number of thioether (sulfide) groups is 1. The Kier molecular flexibility index (Phi) is 4.95. The van der Waals surface area contributed by atoms with Crippen molar-refractivity contribution in [2.24, 2.45) is 0 Å². The van der Waals surface area contributed by atoms with Gasteiger partial charge in [0.05, 0.1) is 5.75 Å². The zero-order valence-corrected chi connectivity index (χ0v) is 12.7. The molecule has 2 rings (SSSR count). The predicted octanol–water partition coefficient (Wildman–Crippen LogP) is 4.07. The van der Waals surface area contributed by atoms with Gasteiger partial charge in [-0.15, -0.1) is 11.8 Å². The van der Waals surface area contributed by atoms with E-state index in [-0.39, 0.29) is 5.82 Å². The lowest BCUT2D eigenvalue weighted by Crippen LogP contribution is -2.04. The molecule has 0 radical (unpaired) electrons. The van der Waals surface area contributed by atoms with Gasteiger partial charge in [0, 0.05) is 23.7 Å². The second-order valence-electron chi connectivity index (χ2n) is 4.72. The van der Waals surface area contributed by atoms with Crippen molar-refractivity contribution in [3.63, 3.8) is 0 Å². The lowest BCUT2D eigenvalue weighted by atomic mass is 10.1. The van der Waals surface area contributed by atoms with E-state index >= 15 is 0 Å². The van der Waals surface area contributed by atoms with Gasteiger partial charge in [-0.25, -0.2) is 14.4 Å². The summed E-state index contributed by atoms with van der Waals surface area (Å²) in [6.07, 6.45) is 0. The van der Waals surface area contributed by atoms with Crippen molar-refractivity contribution in [2.75, 3.05) is 12.4 Å². The van der Waals surface area contributed by atoms with Crippen molar-refractivity contribution < 1.29 is 4.39 Å². The molecular formula is C15H18FN3S. The first kappa shape index (κ1) is 14.8. The number of nitrogens with zero attached hydrogens (tertiary/aromatic N) is 2. The van der Waals surface area contributed by atoms with Gasteiger partial charge in [-0.3, -0.25) is 0 Å². The van der Waals surface area contributed by atoms with E-state index in [1.54, 1.807) is 12.1 Å². The Balaban J connectivity index is 2.17. The second kappa shape index (κ2) is 6.70. The highest BCUT2D eigenvalue weighted by Crippen LogP contribution is 2.25. The van der Waals surface area contributed by atoms with Crippen LogP contribution in [0.1, 0.15) is 31.3 Å². The summed E-state index contributed by atoms with van der Waals surface area (Å²) < 4.78 is 13.6. The van der Waals surface area contributed by atoms with Crippen LogP contribution in [0.5, 0.6) is 0 Å². The number of halogens is 1. The highest BCUT2D eigenvalue weighted by molar-refractivity contribution is 7.98. The summed E-state index contributed by atoms with van der Waals surface area (Å²) in [6, 6.07) is 8.70. The van der Waals surface area contributed by atoms with E-state index in [0.29, 0.717) is 22.4 Å². The molecule has 5 heteroatoms. The summed E-state index contributed by atoms with van der Waals surface area (Å²) in [5, 5.41) is 3.04. The maximum absolute atomic E-state index is 13.6. The smallest absolute Gasteiger partial charge is 0.141 e. The molecule has 0 atom stereocenters. The monoisotopic (exact) mass is 291 g/mol. The first-order valence-corrected chi connectivity index (χ1v) is 7.51. The van der Waals surface area contributed by atoms with E-state index in [4.69, 9.17) is 0 Å². The molecule has 0 fully saturated rings. The third kappa shape index (κ3) is 3.70. The zero-order valence-electron chi connectivity index (χ0n) is 11.9. The number of hydrogen-bond acceptors (Lipinski definition) is 4. The Labute approximate surface area is 123 Å². The number of anilines is 1. The predicted molar refractivity (Wildman–Crippen MR) is 81.6 cm³/mol. The van der Waals surface area contributed by atoms with E-state index in [9.17, 15) is 4.39 Å². The van der Waals surface area contributed by atoms with Gasteiger partial charge >= 0.3 is 0 Å². The fourth-order valence-electron chi connectivity index (χ4n) is 1.71. The molecule has 2 aromatic rings. The third-order valence-corrected chi connectivity index (χ3v) is 3.88. The average Bonchev–Trinajstić information content (AvgIpc) is 2.46. The quantitative estimate of drug-likeness (QED) is 0.843. The molecule has 0 aliphatic carbocycles. The molecule has 1 N–H and O–H groups in total. The van der Waals surface area contributed by atoms with Crippen LogP contribution in [0.15, 0.2) is 35.2 Å². The first-order chi connectivity index (χ1) is 9.60. The van der Waals surface area contributed by atoms with E-state index in [1.165, 1.54) is 17.8 Å². The van der Waals surface area contributed by atoms with Crippen LogP contribution < -0.4 is 5.32 Å². The van der Waals surface area contributed by atoms with E-state index in [2.05, 4.69) is 29.1 Å². The lowest BCUT2D eigenvalue weighted by Gasteiger charge is -2.10. The third-order valence-electron chi connectivity index (χ3n) is 2.83. The molecule has 0 aliphatic rings. The first-order valence-electron chi connectivity index (χ1n) is 6.53. The highest BCUT2D eigenvalue weighted by atomic mass is 32.2. The summed E-state index contributed by atoms with van der Waals surface area (Å²) in [5.41, 5.74) is 0.994. The largest absolute Gasteiger partial charge is 0.373 e. The van der Waals surface area contributed by atoms with Crippen LogP contribution in [0.2, 0.25) is 0 Å². The Hall–Kier alpha value is -1.62. The van der Waals surface area contributed by atoms with Gasteiger partial charge in [0.15, 0.2) is 0 Å². The van der Waals surface area contributed by atoms with Crippen LogP contribution in [0.4, 0.5) is 10.2 Å². The minimum absolute atomic E-state index is 0.202. The molecule has 1 heterocycles. The standard InChI is InChI=1S/C15H18FN3S/c1-10(2)12-8-14(17-3)19-15(18-12)9-20-13-7-5-4-6-11(13)16/h4-8,10H,9H2,1-3H3,(H,17,18,19). The molecule has 0 bridgehead atoms. The molecule has 0 saturated heterocycles. The van der Waals surface area contributed by atoms with E-state index < -0.39 is 0 Å². The topological polar surface area (TPSA) is 37.8 Å². The Morgan fingerprint density at radius 1 is 1.25 bits per heavy atom. The van der Waals surface area contributed by atoms with Crippen molar-refractivity contribution in [2.45, 2.75) is 30.4 Å². The molecule has 0 unspecified atom stereocenters. The van der Waals surface area contributed by atoms with Gasteiger partial charge in [-0.2, -0.15) is 0 Å². The maximum Gasteiger partial charge on any atom is 0.141 e. The number of hydrogen-bond donors (Lipinski definition) is 1. The van der Waals surface area contributed by atoms with E-state index in [0.717, 1.165) is 11.5 Å².